The Bertz CT molecular complexity index is 694. The number of ether oxygens (including phenoxy) is 1. The van der Waals surface area contributed by atoms with Crippen molar-refractivity contribution in [2.45, 2.75) is 18.2 Å². The molecule has 0 aliphatic heterocycles. The molecule has 21 heavy (non-hydrogen) atoms. The highest BCUT2D eigenvalue weighted by atomic mass is 32.2. The zero-order chi connectivity index (χ0) is 15.3. The second kappa shape index (κ2) is 6.63. The van der Waals surface area contributed by atoms with Gasteiger partial charge in [-0.05, 0) is 55.3 Å². The topological polar surface area (TPSA) is 69.4 Å². The van der Waals surface area contributed by atoms with E-state index in [0.29, 0.717) is 29.4 Å². The minimum atomic E-state index is -3.24. The van der Waals surface area contributed by atoms with Crippen molar-refractivity contribution in [1.82, 2.24) is 0 Å². The van der Waals surface area contributed by atoms with Crippen LogP contribution in [0, 0.1) is 6.92 Å². The van der Waals surface area contributed by atoms with Gasteiger partial charge >= 0.3 is 0 Å². The standard InChI is InChI=1S/C16H19NO3S/c1-13-4-2-5-16(12-13)21(18,19)11-3-10-20-15-8-6-14(17)7-9-15/h2,4-9,12H,3,10-11,17H2,1H3. The smallest absolute Gasteiger partial charge is 0.178 e. The summed E-state index contributed by atoms with van der Waals surface area (Å²) < 4.78 is 29.8. The number of hydrogen-bond acceptors (Lipinski definition) is 4. The molecule has 0 radical (unpaired) electrons. The third-order valence-corrected chi connectivity index (χ3v) is 4.85. The molecule has 2 aromatic carbocycles. The van der Waals surface area contributed by atoms with Crippen LogP contribution in [0.5, 0.6) is 5.75 Å². The molecule has 0 saturated carbocycles. The van der Waals surface area contributed by atoms with E-state index in [9.17, 15) is 8.42 Å². The molecule has 0 saturated heterocycles. The Morgan fingerprint density at radius 2 is 1.81 bits per heavy atom. The van der Waals surface area contributed by atoms with Crippen LogP contribution >= 0.6 is 0 Å². The maximum absolute atomic E-state index is 12.2. The molecule has 2 aromatic rings. The summed E-state index contributed by atoms with van der Waals surface area (Å²) in [5.74, 6) is 0.767. The highest BCUT2D eigenvalue weighted by Gasteiger charge is 2.13. The molecule has 5 heteroatoms. The first kappa shape index (κ1) is 15.4. The number of hydrogen-bond donors (Lipinski definition) is 1. The van der Waals surface area contributed by atoms with Gasteiger partial charge in [0.2, 0.25) is 0 Å². The molecule has 0 aliphatic carbocycles. The zero-order valence-electron chi connectivity index (χ0n) is 12.0. The Kier molecular flexibility index (Phi) is 4.85. The molecule has 0 fully saturated rings. The van der Waals surface area contributed by atoms with Crippen LogP contribution in [0.25, 0.3) is 0 Å². The maximum atomic E-state index is 12.2. The summed E-state index contributed by atoms with van der Waals surface area (Å²) in [5, 5.41) is 0. The van der Waals surface area contributed by atoms with E-state index in [-0.39, 0.29) is 5.75 Å². The van der Waals surface area contributed by atoms with Crippen molar-refractivity contribution in [2.24, 2.45) is 0 Å². The van der Waals surface area contributed by atoms with Gasteiger partial charge in [-0.15, -0.1) is 0 Å². The van der Waals surface area contributed by atoms with Gasteiger partial charge in [0.1, 0.15) is 5.75 Å². The van der Waals surface area contributed by atoms with Crippen LogP contribution in [0.3, 0.4) is 0 Å². The lowest BCUT2D eigenvalue weighted by atomic mass is 10.2. The third kappa shape index (κ3) is 4.49. The van der Waals surface area contributed by atoms with Crippen LogP contribution < -0.4 is 10.5 Å². The molecular formula is C16H19NO3S. The number of nitrogen functional groups attached to an aromatic ring is 1. The Morgan fingerprint density at radius 3 is 2.48 bits per heavy atom. The van der Waals surface area contributed by atoms with E-state index in [0.717, 1.165) is 5.56 Å². The van der Waals surface area contributed by atoms with E-state index in [1.165, 1.54) is 0 Å². The minimum absolute atomic E-state index is 0.0748. The molecule has 0 atom stereocenters. The fourth-order valence-electron chi connectivity index (χ4n) is 1.93. The molecule has 0 bridgehead atoms. The van der Waals surface area contributed by atoms with Crippen molar-refractivity contribution in [2.75, 3.05) is 18.1 Å². The van der Waals surface area contributed by atoms with Gasteiger partial charge in [-0.3, -0.25) is 0 Å². The maximum Gasteiger partial charge on any atom is 0.178 e. The zero-order valence-corrected chi connectivity index (χ0v) is 12.8. The molecule has 2 rings (SSSR count). The third-order valence-electron chi connectivity index (χ3n) is 3.05. The molecule has 0 amide bonds. The predicted molar refractivity (Wildman–Crippen MR) is 84.2 cm³/mol. The van der Waals surface area contributed by atoms with Crippen LogP contribution in [0.4, 0.5) is 5.69 Å². The van der Waals surface area contributed by atoms with Crippen LogP contribution in [0.2, 0.25) is 0 Å². The van der Waals surface area contributed by atoms with Crippen molar-refractivity contribution in [1.29, 1.82) is 0 Å². The summed E-state index contributed by atoms with van der Waals surface area (Å²) in [6.07, 6.45) is 0.445. The summed E-state index contributed by atoms with van der Waals surface area (Å²) in [4.78, 5) is 0.370. The normalized spacial score (nSPS) is 11.3. The number of sulfone groups is 1. The fourth-order valence-corrected chi connectivity index (χ4v) is 3.31. The lowest BCUT2D eigenvalue weighted by molar-refractivity contribution is 0.317. The quantitative estimate of drug-likeness (QED) is 0.658. The van der Waals surface area contributed by atoms with E-state index in [1.807, 2.05) is 13.0 Å². The SMILES string of the molecule is Cc1cccc(S(=O)(=O)CCCOc2ccc(N)cc2)c1. The van der Waals surface area contributed by atoms with Gasteiger partial charge in [0, 0.05) is 5.69 Å². The molecule has 0 spiro atoms. The highest BCUT2D eigenvalue weighted by Crippen LogP contribution is 2.15. The van der Waals surface area contributed by atoms with E-state index in [1.54, 1.807) is 42.5 Å². The highest BCUT2D eigenvalue weighted by molar-refractivity contribution is 7.91. The lowest BCUT2D eigenvalue weighted by Crippen LogP contribution is -2.10. The Balaban J connectivity index is 1.86. The van der Waals surface area contributed by atoms with Crippen LogP contribution in [-0.4, -0.2) is 20.8 Å². The van der Waals surface area contributed by atoms with E-state index in [2.05, 4.69) is 0 Å². The first-order valence-corrected chi connectivity index (χ1v) is 8.40. The summed E-state index contributed by atoms with van der Waals surface area (Å²) >= 11 is 0. The van der Waals surface area contributed by atoms with E-state index >= 15 is 0 Å². The van der Waals surface area contributed by atoms with Crippen molar-refractivity contribution >= 4 is 15.5 Å². The Morgan fingerprint density at radius 1 is 1.10 bits per heavy atom. The van der Waals surface area contributed by atoms with Crippen molar-refractivity contribution in [3.63, 3.8) is 0 Å². The molecule has 0 aliphatic rings. The van der Waals surface area contributed by atoms with Crippen LogP contribution in [0.1, 0.15) is 12.0 Å². The Hall–Kier alpha value is -2.01. The number of aryl methyl sites for hydroxylation is 1. The summed E-state index contributed by atoms with van der Waals surface area (Å²) in [5.41, 5.74) is 7.19. The monoisotopic (exact) mass is 305 g/mol. The van der Waals surface area contributed by atoms with Crippen molar-refractivity contribution < 1.29 is 13.2 Å². The molecule has 112 valence electrons. The van der Waals surface area contributed by atoms with Gasteiger partial charge in [-0.25, -0.2) is 8.42 Å². The van der Waals surface area contributed by atoms with Crippen molar-refractivity contribution in [3.05, 3.63) is 54.1 Å². The van der Waals surface area contributed by atoms with Crippen LogP contribution in [0.15, 0.2) is 53.4 Å². The lowest BCUT2D eigenvalue weighted by Gasteiger charge is -2.08. The van der Waals surface area contributed by atoms with Gasteiger partial charge < -0.3 is 10.5 Å². The largest absolute Gasteiger partial charge is 0.494 e. The minimum Gasteiger partial charge on any atom is -0.494 e. The Labute approximate surface area is 125 Å². The number of benzene rings is 2. The predicted octanol–water partition coefficient (Wildman–Crippen LogP) is 2.82. The van der Waals surface area contributed by atoms with Gasteiger partial charge in [-0.1, -0.05) is 12.1 Å². The molecule has 0 heterocycles. The van der Waals surface area contributed by atoms with Gasteiger partial charge in [-0.2, -0.15) is 0 Å². The average molecular weight is 305 g/mol. The van der Waals surface area contributed by atoms with Crippen LogP contribution in [-0.2, 0) is 9.84 Å². The molecule has 0 aromatic heterocycles. The summed E-state index contributed by atoms with van der Waals surface area (Å²) in [6.45, 7) is 2.23. The number of rotatable bonds is 6. The van der Waals surface area contributed by atoms with Crippen molar-refractivity contribution in [3.8, 4) is 5.75 Å². The van der Waals surface area contributed by atoms with E-state index < -0.39 is 9.84 Å². The number of nitrogens with two attached hydrogens (primary N) is 1. The first-order chi connectivity index (χ1) is 9.97. The van der Waals surface area contributed by atoms with E-state index in [4.69, 9.17) is 10.5 Å². The second-order valence-corrected chi connectivity index (χ2v) is 7.02. The second-order valence-electron chi connectivity index (χ2n) is 4.91. The van der Waals surface area contributed by atoms with Gasteiger partial charge in [0.15, 0.2) is 9.84 Å². The first-order valence-electron chi connectivity index (χ1n) is 6.75. The van der Waals surface area contributed by atoms with Gasteiger partial charge in [0.05, 0.1) is 17.3 Å². The molecular weight excluding hydrogens is 286 g/mol. The molecule has 0 unspecified atom stereocenters. The summed E-state index contributed by atoms with van der Waals surface area (Å²) in [7, 11) is -3.24. The summed E-state index contributed by atoms with van der Waals surface area (Å²) in [6, 6.07) is 14.0. The molecule has 4 nitrogen and oxygen atoms in total. The molecule has 2 N–H and O–H groups in total. The average Bonchev–Trinajstić information content (AvgIpc) is 2.45. The number of anilines is 1. The fraction of sp³-hybridized carbons (Fsp3) is 0.250. The van der Waals surface area contributed by atoms with Gasteiger partial charge in [0.25, 0.3) is 0 Å².